The Bertz CT molecular complexity index is 1150. The largest absolute Gasteiger partial charge is 0.478 e. The van der Waals surface area contributed by atoms with Crippen LogP contribution in [0.2, 0.25) is 0 Å². The molecule has 2 fully saturated rings. The molecule has 1 aromatic carbocycles. The van der Waals surface area contributed by atoms with E-state index in [1.54, 1.807) is 18.2 Å². The van der Waals surface area contributed by atoms with Crippen molar-refractivity contribution in [2.24, 2.45) is 0 Å². The van der Waals surface area contributed by atoms with Gasteiger partial charge in [-0.25, -0.2) is 14.4 Å². The van der Waals surface area contributed by atoms with Crippen LogP contribution in [0.5, 0.6) is 5.75 Å². The standard InChI is InChI=1S/C26H31F2N5O3/c1-2-22-26(35)30-21-13-17(19(27)14-23(21)36-22)15-32-11-7-16(8-12-32)18-5-6-20(29-24(18)28)25(34)31-33-9-3-4-10-33/h5-6,13-14,16,22H,2-4,7-12,15H2,1H3,(H,30,35)(H,31,34). The predicted octanol–water partition coefficient (Wildman–Crippen LogP) is 3.59. The maximum atomic E-state index is 14.8. The van der Waals surface area contributed by atoms with E-state index in [0.717, 1.165) is 25.9 Å². The number of pyridine rings is 1. The Kier molecular flexibility index (Phi) is 7.15. The van der Waals surface area contributed by atoms with Gasteiger partial charge in [0.1, 0.15) is 17.3 Å². The van der Waals surface area contributed by atoms with Crippen LogP contribution in [0.1, 0.15) is 66.6 Å². The van der Waals surface area contributed by atoms with Gasteiger partial charge in [0, 0.05) is 36.8 Å². The summed E-state index contributed by atoms with van der Waals surface area (Å²) in [5.74, 6) is -1.27. The summed E-state index contributed by atoms with van der Waals surface area (Å²) in [5, 5.41) is 4.64. The SMILES string of the molecule is CCC1Oc2cc(F)c(CN3CCC(c4ccc(C(=O)NN5CCCC5)nc4F)CC3)cc2NC1=O. The maximum Gasteiger partial charge on any atom is 0.284 e. The lowest BCUT2D eigenvalue weighted by Gasteiger charge is -2.32. The van der Waals surface area contributed by atoms with Crippen molar-refractivity contribution >= 4 is 17.5 Å². The second-order valence-electron chi connectivity index (χ2n) is 9.71. The van der Waals surface area contributed by atoms with E-state index in [1.165, 1.54) is 6.07 Å². The monoisotopic (exact) mass is 499 g/mol. The number of fused-ring (bicyclic) bond motifs is 1. The number of aromatic nitrogens is 1. The third kappa shape index (κ3) is 5.19. The summed E-state index contributed by atoms with van der Waals surface area (Å²) >= 11 is 0. The van der Waals surface area contributed by atoms with Crippen molar-refractivity contribution in [3.63, 3.8) is 0 Å². The van der Waals surface area contributed by atoms with Crippen LogP contribution in [-0.2, 0) is 11.3 Å². The van der Waals surface area contributed by atoms with Gasteiger partial charge in [0.05, 0.1) is 5.69 Å². The first-order valence-corrected chi connectivity index (χ1v) is 12.7. The van der Waals surface area contributed by atoms with Gasteiger partial charge in [-0.05, 0) is 63.2 Å². The zero-order valence-corrected chi connectivity index (χ0v) is 20.4. The topological polar surface area (TPSA) is 86.8 Å². The van der Waals surface area contributed by atoms with Gasteiger partial charge in [0.25, 0.3) is 11.8 Å². The summed E-state index contributed by atoms with van der Waals surface area (Å²) in [5.41, 5.74) is 4.33. The van der Waals surface area contributed by atoms with Crippen LogP contribution < -0.4 is 15.5 Å². The number of ether oxygens (including phenoxy) is 1. The molecule has 0 spiro atoms. The van der Waals surface area contributed by atoms with Gasteiger partial charge in [-0.1, -0.05) is 13.0 Å². The molecule has 0 aliphatic carbocycles. The molecule has 2 aromatic rings. The molecular weight excluding hydrogens is 468 g/mol. The quantitative estimate of drug-likeness (QED) is 0.591. The minimum atomic E-state index is -0.607. The number of hydrogen-bond donors (Lipinski definition) is 2. The molecule has 3 aliphatic rings. The molecule has 192 valence electrons. The van der Waals surface area contributed by atoms with Crippen LogP contribution in [-0.4, -0.2) is 59.0 Å². The molecule has 3 aliphatic heterocycles. The minimum Gasteiger partial charge on any atom is -0.478 e. The van der Waals surface area contributed by atoms with Gasteiger partial charge in [0.15, 0.2) is 6.10 Å². The average molecular weight is 500 g/mol. The van der Waals surface area contributed by atoms with E-state index >= 15 is 0 Å². The van der Waals surface area contributed by atoms with Crippen molar-refractivity contribution in [1.82, 2.24) is 20.3 Å². The van der Waals surface area contributed by atoms with Gasteiger partial charge in [-0.15, -0.1) is 0 Å². The van der Waals surface area contributed by atoms with E-state index in [2.05, 4.69) is 20.6 Å². The lowest BCUT2D eigenvalue weighted by molar-refractivity contribution is -0.123. The first-order chi connectivity index (χ1) is 17.4. The summed E-state index contributed by atoms with van der Waals surface area (Å²) in [6.07, 6.45) is 3.36. The van der Waals surface area contributed by atoms with Gasteiger partial charge in [-0.2, -0.15) is 4.39 Å². The van der Waals surface area contributed by atoms with Crippen molar-refractivity contribution < 1.29 is 23.1 Å². The smallest absolute Gasteiger partial charge is 0.284 e. The van der Waals surface area contributed by atoms with Gasteiger partial charge in [-0.3, -0.25) is 19.9 Å². The summed E-state index contributed by atoms with van der Waals surface area (Å²) in [6, 6.07) is 6.22. The molecule has 4 heterocycles. The molecule has 0 bridgehead atoms. The van der Waals surface area contributed by atoms with E-state index in [-0.39, 0.29) is 23.3 Å². The number of piperidine rings is 1. The fraction of sp³-hybridized carbons (Fsp3) is 0.500. The van der Waals surface area contributed by atoms with E-state index in [9.17, 15) is 18.4 Å². The number of benzene rings is 1. The highest BCUT2D eigenvalue weighted by molar-refractivity contribution is 5.97. The zero-order valence-electron chi connectivity index (χ0n) is 20.4. The molecule has 2 saturated heterocycles. The Labute approximate surface area is 209 Å². The summed E-state index contributed by atoms with van der Waals surface area (Å²) < 4.78 is 35.2. The average Bonchev–Trinajstić information content (AvgIpc) is 3.38. The van der Waals surface area contributed by atoms with Crippen LogP contribution in [0.15, 0.2) is 24.3 Å². The van der Waals surface area contributed by atoms with E-state index in [4.69, 9.17) is 4.74 Å². The highest BCUT2D eigenvalue weighted by Gasteiger charge is 2.29. The number of amides is 2. The Morgan fingerprint density at radius 3 is 2.61 bits per heavy atom. The van der Waals surface area contributed by atoms with E-state index < -0.39 is 18.0 Å². The number of hydrogen-bond acceptors (Lipinski definition) is 6. The first kappa shape index (κ1) is 24.6. The van der Waals surface area contributed by atoms with Crippen LogP contribution >= 0.6 is 0 Å². The molecule has 1 atom stereocenters. The number of rotatable bonds is 6. The molecule has 8 nitrogen and oxygen atoms in total. The number of hydrazine groups is 1. The molecule has 36 heavy (non-hydrogen) atoms. The highest BCUT2D eigenvalue weighted by atomic mass is 19.1. The molecule has 5 rings (SSSR count). The third-order valence-corrected chi connectivity index (χ3v) is 7.24. The van der Waals surface area contributed by atoms with Crippen LogP contribution in [0, 0.1) is 11.8 Å². The van der Waals surface area contributed by atoms with Gasteiger partial charge in [0.2, 0.25) is 5.95 Å². The van der Waals surface area contributed by atoms with Crippen molar-refractivity contribution in [3.8, 4) is 5.75 Å². The molecule has 0 saturated carbocycles. The number of nitrogens with zero attached hydrogens (tertiary/aromatic N) is 3. The Balaban J connectivity index is 1.18. The Morgan fingerprint density at radius 1 is 1.17 bits per heavy atom. The van der Waals surface area contributed by atoms with Crippen LogP contribution in [0.25, 0.3) is 0 Å². The van der Waals surface area contributed by atoms with Crippen LogP contribution in [0.3, 0.4) is 0 Å². The van der Waals surface area contributed by atoms with Crippen molar-refractivity contribution in [2.45, 2.75) is 57.6 Å². The van der Waals surface area contributed by atoms with Crippen LogP contribution in [0.4, 0.5) is 14.5 Å². The fourth-order valence-corrected chi connectivity index (χ4v) is 5.15. The van der Waals surface area contributed by atoms with E-state index in [1.807, 2.05) is 11.9 Å². The second kappa shape index (κ2) is 10.5. The molecule has 2 N–H and O–H groups in total. The van der Waals surface area contributed by atoms with Gasteiger partial charge < -0.3 is 10.1 Å². The number of halogens is 2. The molecule has 1 unspecified atom stereocenters. The van der Waals surface area contributed by atoms with E-state index in [0.29, 0.717) is 61.5 Å². The molecular formula is C26H31F2N5O3. The molecule has 1 aromatic heterocycles. The normalized spacial score (nSPS) is 21.1. The lowest BCUT2D eigenvalue weighted by Crippen LogP contribution is -2.40. The van der Waals surface area contributed by atoms with Crippen molar-refractivity contribution in [3.05, 3.63) is 52.9 Å². The summed E-state index contributed by atoms with van der Waals surface area (Å²) in [4.78, 5) is 30.5. The Hall–Kier alpha value is -3.11. The molecule has 2 amide bonds. The van der Waals surface area contributed by atoms with Crippen molar-refractivity contribution in [1.29, 1.82) is 0 Å². The highest BCUT2D eigenvalue weighted by Crippen LogP contribution is 2.35. The summed E-state index contributed by atoms with van der Waals surface area (Å²) in [7, 11) is 0. The minimum absolute atomic E-state index is 0.0171. The number of carbonyl (C=O) groups is 2. The molecule has 0 radical (unpaired) electrons. The lowest BCUT2D eigenvalue weighted by atomic mass is 9.90. The first-order valence-electron chi connectivity index (χ1n) is 12.7. The zero-order chi connectivity index (χ0) is 25.2. The van der Waals surface area contributed by atoms with Crippen molar-refractivity contribution in [2.75, 3.05) is 31.5 Å². The van der Waals surface area contributed by atoms with Gasteiger partial charge >= 0.3 is 0 Å². The summed E-state index contributed by atoms with van der Waals surface area (Å²) in [6.45, 7) is 5.14. The number of nitrogens with one attached hydrogen (secondary N) is 2. The third-order valence-electron chi connectivity index (χ3n) is 7.24. The number of carbonyl (C=O) groups excluding carboxylic acids is 2. The maximum absolute atomic E-state index is 14.8. The number of likely N-dealkylation sites (tertiary alicyclic amines) is 1. The number of anilines is 1. The second-order valence-corrected chi connectivity index (χ2v) is 9.71. The molecule has 10 heteroatoms. The predicted molar refractivity (Wildman–Crippen MR) is 129 cm³/mol. The Morgan fingerprint density at radius 2 is 1.92 bits per heavy atom. The fourth-order valence-electron chi connectivity index (χ4n) is 5.15.